The minimum absolute atomic E-state index is 0.395. The summed E-state index contributed by atoms with van der Waals surface area (Å²) in [6.45, 7) is 5.15. The smallest absolute Gasteiger partial charge is 0.385 e. The molecular weight excluding hydrogens is 457 g/mol. The van der Waals surface area contributed by atoms with Gasteiger partial charge >= 0.3 is 6.18 Å². The third kappa shape index (κ3) is 6.79. The molecule has 0 saturated carbocycles. The summed E-state index contributed by atoms with van der Waals surface area (Å²) in [6, 6.07) is 14.4. The average Bonchev–Trinajstić information content (AvgIpc) is 2.85. The SMILES string of the molecule is FC(F)(F)c1ccc2c(SCCCCCCNc3ccc(N4CCNCC4)cc3)ccnc2c1. The minimum atomic E-state index is -4.34. The molecule has 1 fully saturated rings. The van der Waals surface area contributed by atoms with E-state index in [4.69, 9.17) is 0 Å². The van der Waals surface area contributed by atoms with Crippen LogP contribution >= 0.6 is 11.8 Å². The minimum Gasteiger partial charge on any atom is -0.385 e. The fraction of sp³-hybridized carbons (Fsp3) is 0.423. The Labute approximate surface area is 203 Å². The number of piperazine rings is 1. The number of unbranched alkanes of at least 4 members (excludes halogenated alkanes) is 3. The van der Waals surface area contributed by atoms with Crippen molar-refractivity contribution in [1.29, 1.82) is 0 Å². The number of halogens is 3. The number of nitrogens with one attached hydrogen (secondary N) is 2. The van der Waals surface area contributed by atoms with Crippen LogP contribution < -0.4 is 15.5 Å². The molecule has 2 aromatic carbocycles. The summed E-state index contributed by atoms with van der Waals surface area (Å²) >= 11 is 1.69. The Balaban J connectivity index is 1.13. The highest BCUT2D eigenvalue weighted by Gasteiger charge is 2.30. The summed E-state index contributed by atoms with van der Waals surface area (Å²) in [7, 11) is 0. The van der Waals surface area contributed by atoms with E-state index in [1.54, 1.807) is 18.0 Å². The van der Waals surface area contributed by atoms with Crippen LogP contribution in [0.25, 0.3) is 10.9 Å². The monoisotopic (exact) mass is 488 g/mol. The third-order valence-electron chi connectivity index (χ3n) is 6.04. The zero-order valence-electron chi connectivity index (χ0n) is 19.2. The van der Waals surface area contributed by atoms with Crippen molar-refractivity contribution in [2.24, 2.45) is 0 Å². The first kappa shape index (κ1) is 24.7. The van der Waals surface area contributed by atoms with Gasteiger partial charge in [0.15, 0.2) is 0 Å². The Bertz CT molecular complexity index is 1050. The van der Waals surface area contributed by atoms with Crippen molar-refractivity contribution in [2.45, 2.75) is 36.8 Å². The van der Waals surface area contributed by atoms with Crippen molar-refractivity contribution in [1.82, 2.24) is 10.3 Å². The quantitative estimate of drug-likeness (QED) is 0.254. The van der Waals surface area contributed by atoms with E-state index < -0.39 is 11.7 Å². The second-order valence-electron chi connectivity index (χ2n) is 8.51. The van der Waals surface area contributed by atoms with Crippen molar-refractivity contribution < 1.29 is 13.2 Å². The van der Waals surface area contributed by atoms with Crippen molar-refractivity contribution in [3.63, 3.8) is 0 Å². The number of pyridine rings is 1. The Morgan fingerprint density at radius 2 is 1.71 bits per heavy atom. The molecule has 182 valence electrons. The van der Waals surface area contributed by atoms with E-state index in [1.165, 1.54) is 11.8 Å². The van der Waals surface area contributed by atoms with Crippen LogP contribution in [0, 0.1) is 0 Å². The van der Waals surface area contributed by atoms with Crippen LogP contribution in [0.15, 0.2) is 59.6 Å². The molecule has 1 saturated heterocycles. The maximum Gasteiger partial charge on any atom is 0.416 e. The maximum atomic E-state index is 12.9. The van der Waals surface area contributed by atoms with Crippen molar-refractivity contribution >= 4 is 34.0 Å². The molecule has 4 nitrogen and oxygen atoms in total. The summed E-state index contributed by atoms with van der Waals surface area (Å²) < 4.78 is 38.8. The van der Waals surface area contributed by atoms with Crippen LogP contribution in [-0.4, -0.2) is 43.5 Å². The molecule has 0 radical (unpaired) electrons. The molecule has 2 N–H and O–H groups in total. The van der Waals surface area contributed by atoms with Gasteiger partial charge in [-0.2, -0.15) is 13.2 Å². The average molecular weight is 489 g/mol. The van der Waals surface area contributed by atoms with E-state index in [0.29, 0.717) is 5.52 Å². The van der Waals surface area contributed by atoms with Gasteiger partial charge in [0.05, 0.1) is 11.1 Å². The van der Waals surface area contributed by atoms with Gasteiger partial charge in [0.2, 0.25) is 0 Å². The van der Waals surface area contributed by atoms with Gasteiger partial charge in [-0.05, 0) is 61.1 Å². The lowest BCUT2D eigenvalue weighted by molar-refractivity contribution is -0.137. The molecule has 1 aliphatic heterocycles. The number of hydrogen-bond acceptors (Lipinski definition) is 5. The van der Waals surface area contributed by atoms with Crippen LogP contribution in [0.1, 0.15) is 31.2 Å². The first-order valence-electron chi connectivity index (χ1n) is 11.9. The third-order valence-corrected chi connectivity index (χ3v) is 7.20. The summed E-state index contributed by atoms with van der Waals surface area (Å²) in [5.41, 5.74) is 2.19. The van der Waals surface area contributed by atoms with Gasteiger partial charge in [-0.3, -0.25) is 4.98 Å². The van der Waals surface area contributed by atoms with Crippen LogP contribution in [-0.2, 0) is 6.18 Å². The van der Waals surface area contributed by atoms with Gasteiger partial charge in [0.25, 0.3) is 0 Å². The van der Waals surface area contributed by atoms with Gasteiger partial charge in [-0.15, -0.1) is 11.8 Å². The molecule has 0 atom stereocenters. The Kier molecular flexibility index (Phi) is 8.56. The lowest BCUT2D eigenvalue weighted by atomic mass is 10.1. The zero-order valence-corrected chi connectivity index (χ0v) is 20.0. The molecule has 4 rings (SSSR count). The van der Waals surface area contributed by atoms with E-state index in [-0.39, 0.29) is 0 Å². The number of fused-ring (bicyclic) bond motifs is 1. The number of hydrogen-bond donors (Lipinski definition) is 2. The molecule has 3 aromatic rings. The van der Waals surface area contributed by atoms with E-state index in [0.717, 1.165) is 92.3 Å². The molecule has 0 unspecified atom stereocenters. The highest BCUT2D eigenvalue weighted by atomic mass is 32.2. The molecular formula is C26H31F3N4S. The standard InChI is InChI=1S/C26H31F3N4S/c27-26(28,29)20-5-10-23-24(19-20)32-13-11-25(23)34-18-4-2-1-3-12-31-21-6-8-22(9-7-21)33-16-14-30-15-17-33/h5-11,13,19,30-31H,1-4,12,14-18H2. The fourth-order valence-electron chi connectivity index (χ4n) is 4.13. The Morgan fingerprint density at radius 3 is 2.47 bits per heavy atom. The zero-order chi connectivity index (χ0) is 23.8. The first-order valence-corrected chi connectivity index (χ1v) is 12.9. The predicted molar refractivity (Wildman–Crippen MR) is 136 cm³/mol. The molecule has 8 heteroatoms. The fourth-order valence-corrected chi connectivity index (χ4v) is 5.19. The highest BCUT2D eigenvalue weighted by Crippen LogP contribution is 2.34. The molecule has 0 spiro atoms. The Morgan fingerprint density at radius 1 is 0.941 bits per heavy atom. The Hall–Kier alpha value is -2.45. The molecule has 0 amide bonds. The second-order valence-corrected chi connectivity index (χ2v) is 9.65. The molecule has 2 heterocycles. The molecule has 34 heavy (non-hydrogen) atoms. The number of anilines is 2. The number of rotatable bonds is 10. The van der Waals surface area contributed by atoms with Gasteiger partial charge in [0, 0.05) is 60.6 Å². The molecule has 1 aromatic heterocycles. The van der Waals surface area contributed by atoms with E-state index in [2.05, 4.69) is 44.8 Å². The summed E-state index contributed by atoms with van der Waals surface area (Å²) in [5.74, 6) is 0.945. The number of aromatic nitrogens is 1. The van der Waals surface area contributed by atoms with Crippen molar-refractivity contribution in [3.8, 4) is 0 Å². The van der Waals surface area contributed by atoms with E-state index in [9.17, 15) is 13.2 Å². The molecule has 0 aliphatic carbocycles. The largest absolute Gasteiger partial charge is 0.416 e. The first-order chi connectivity index (χ1) is 16.5. The summed E-state index contributed by atoms with van der Waals surface area (Å²) in [4.78, 5) is 7.52. The number of thioether (sulfide) groups is 1. The predicted octanol–water partition coefficient (Wildman–Crippen LogP) is 6.43. The number of benzene rings is 2. The maximum absolute atomic E-state index is 12.9. The van der Waals surface area contributed by atoms with Gasteiger partial charge < -0.3 is 15.5 Å². The molecule has 1 aliphatic rings. The van der Waals surface area contributed by atoms with E-state index >= 15 is 0 Å². The van der Waals surface area contributed by atoms with Crippen LogP contribution in [0.2, 0.25) is 0 Å². The normalized spacial score (nSPS) is 14.5. The van der Waals surface area contributed by atoms with E-state index in [1.807, 2.05) is 6.07 Å². The summed E-state index contributed by atoms with van der Waals surface area (Å²) in [5, 5.41) is 7.67. The lowest BCUT2D eigenvalue weighted by Crippen LogP contribution is -2.43. The topological polar surface area (TPSA) is 40.2 Å². The van der Waals surface area contributed by atoms with Crippen LogP contribution in [0.3, 0.4) is 0 Å². The van der Waals surface area contributed by atoms with Crippen molar-refractivity contribution in [3.05, 3.63) is 60.3 Å². The number of nitrogens with zero attached hydrogens (tertiary/aromatic N) is 2. The highest BCUT2D eigenvalue weighted by molar-refractivity contribution is 7.99. The van der Waals surface area contributed by atoms with Gasteiger partial charge in [-0.1, -0.05) is 18.9 Å². The molecule has 0 bridgehead atoms. The van der Waals surface area contributed by atoms with Gasteiger partial charge in [0.1, 0.15) is 0 Å². The van der Waals surface area contributed by atoms with Crippen LogP contribution in [0.4, 0.5) is 24.5 Å². The van der Waals surface area contributed by atoms with Gasteiger partial charge in [-0.25, -0.2) is 0 Å². The van der Waals surface area contributed by atoms with Crippen molar-refractivity contribution in [2.75, 3.05) is 48.7 Å². The van der Waals surface area contributed by atoms with Crippen LogP contribution in [0.5, 0.6) is 0 Å². The lowest BCUT2D eigenvalue weighted by Gasteiger charge is -2.29. The summed E-state index contributed by atoms with van der Waals surface area (Å²) in [6.07, 6.45) is 1.72. The number of alkyl halides is 3. The second kappa shape index (κ2) is 11.8.